The molecule has 0 saturated heterocycles. The molecule has 0 saturated carbocycles. The molecule has 1 N–H and O–H groups in total. The number of halogens is 3. The van der Waals surface area contributed by atoms with Crippen LogP contribution in [-0.2, 0) is 15.7 Å². The smallest absolute Gasteiger partial charge is 0.416 e. The van der Waals surface area contributed by atoms with E-state index in [1.807, 2.05) is 13.8 Å². The lowest BCUT2D eigenvalue weighted by Gasteiger charge is -2.20. The molecule has 2 aromatic carbocycles. The summed E-state index contributed by atoms with van der Waals surface area (Å²) in [6.45, 7) is 5.10. The molecule has 1 amide bonds. The molecule has 0 fully saturated rings. The molecule has 0 unspecified atom stereocenters. The van der Waals surface area contributed by atoms with E-state index in [1.165, 1.54) is 12.1 Å². The van der Waals surface area contributed by atoms with Gasteiger partial charge in [0.25, 0.3) is 5.91 Å². The van der Waals surface area contributed by atoms with Crippen molar-refractivity contribution in [2.75, 3.05) is 29.9 Å². The number of hydrogen-bond donors (Lipinski definition) is 1. The molecule has 0 aliphatic carbocycles. The van der Waals surface area contributed by atoms with E-state index in [9.17, 15) is 22.8 Å². The van der Waals surface area contributed by atoms with Gasteiger partial charge >= 0.3 is 12.1 Å². The normalized spacial score (nSPS) is 11.0. The largest absolute Gasteiger partial charge is 0.452 e. The standard InChI is InChI=1S/C20H21F3N2O3/c1-3-25(4-2)17-10-8-14(9-11-17)19(27)28-13-18(26)24-16-7-5-6-15(12-16)20(21,22)23/h5-12H,3-4,13H2,1-2H3,(H,24,26). The molecule has 8 heteroatoms. The van der Waals surface area contributed by atoms with Crippen LogP contribution in [0.5, 0.6) is 0 Å². The number of carbonyl (C=O) groups is 2. The van der Waals surface area contributed by atoms with Crippen LogP contribution in [0.1, 0.15) is 29.8 Å². The highest BCUT2D eigenvalue weighted by molar-refractivity contribution is 5.95. The number of esters is 1. The average Bonchev–Trinajstić information content (AvgIpc) is 2.67. The van der Waals surface area contributed by atoms with Crippen molar-refractivity contribution >= 4 is 23.3 Å². The summed E-state index contributed by atoms with van der Waals surface area (Å²) in [7, 11) is 0. The zero-order chi connectivity index (χ0) is 20.7. The van der Waals surface area contributed by atoms with Gasteiger partial charge in [0.2, 0.25) is 0 Å². The fourth-order valence-corrected chi connectivity index (χ4v) is 2.58. The maximum Gasteiger partial charge on any atom is 0.416 e. The lowest BCUT2D eigenvalue weighted by Crippen LogP contribution is -2.22. The number of hydrogen-bond acceptors (Lipinski definition) is 4. The summed E-state index contributed by atoms with van der Waals surface area (Å²) in [5.74, 6) is -1.42. The molecule has 150 valence electrons. The number of benzene rings is 2. The van der Waals surface area contributed by atoms with E-state index in [2.05, 4.69) is 10.2 Å². The van der Waals surface area contributed by atoms with Crippen molar-refractivity contribution in [1.29, 1.82) is 0 Å². The number of ether oxygens (including phenoxy) is 1. The van der Waals surface area contributed by atoms with Gasteiger partial charge in [-0.3, -0.25) is 4.79 Å². The minimum atomic E-state index is -4.51. The van der Waals surface area contributed by atoms with Gasteiger partial charge < -0.3 is 15.0 Å². The second-order valence-corrected chi connectivity index (χ2v) is 5.92. The predicted octanol–water partition coefficient (Wildman–Crippen LogP) is 4.35. The predicted molar refractivity (Wildman–Crippen MR) is 100 cm³/mol. The zero-order valence-electron chi connectivity index (χ0n) is 15.5. The summed E-state index contributed by atoms with van der Waals surface area (Å²) in [5.41, 5.74) is 0.335. The van der Waals surface area contributed by atoms with Gasteiger partial charge in [-0.05, 0) is 56.3 Å². The first-order valence-electron chi connectivity index (χ1n) is 8.73. The summed E-state index contributed by atoms with van der Waals surface area (Å²) in [5, 5.41) is 2.28. The van der Waals surface area contributed by atoms with Crippen molar-refractivity contribution in [3.8, 4) is 0 Å². The van der Waals surface area contributed by atoms with Crippen molar-refractivity contribution in [1.82, 2.24) is 0 Å². The van der Waals surface area contributed by atoms with E-state index >= 15 is 0 Å². The molecule has 2 rings (SSSR count). The van der Waals surface area contributed by atoms with Crippen LogP contribution in [0.3, 0.4) is 0 Å². The van der Waals surface area contributed by atoms with E-state index < -0.39 is 30.2 Å². The third-order valence-corrected chi connectivity index (χ3v) is 4.04. The Morgan fingerprint density at radius 2 is 1.68 bits per heavy atom. The highest BCUT2D eigenvalue weighted by Crippen LogP contribution is 2.30. The summed E-state index contributed by atoms with van der Waals surface area (Å²) in [4.78, 5) is 26.0. The van der Waals surface area contributed by atoms with Gasteiger partial charge in [-0.25, -0.2) is 4.79 Å². The molecular weight excluding hydrogens is 373 g/mol. The van der Waals surface area contributed by atoms with Crippen LogP contribution in [0.15, 0.2) is 48.5 Å². The lowest BCUT2D eigenvalue weighted by molar-refractivity contribution is -0.137. The fourth-order valence-electron chi connectivity index (χ4n) is 2.58. The monoisotopic (exact) mass is 394 g/mol. The van der Waals surface area contributed by atoms with Crippen molar-refractivity contribution in [3.63, 3.8) is 0 Å². The minimum Gasteiger partial charge on any atom is -0.452 e. The van der Waals surface area contributed by atoms with Crippen LogP contribution < -0.4 is 10.2 Å². The number of alkyl halides is 3. The van der Waals surface area contributed by atoms with Crippen LogP contribution >= 0.6 is 0 Å². The maximum atomic E-state index is 12.7. The molecule has 0 bridgehead atoms. The van der Waals surface area contributed by atoms with Crippen LogP contribution in [0.2, 0.25) is 0 Å². The highest BCUT2D eigenvalue weighted by atomic mass is 19.4. The molecule has 0 aliphatic rings. The Morgan fingerprint density at radius 1 is 1.04 bits per heavy atom. The van der Waals surface area contributed by atoms with E-state index in [0.29, 0.717) is 0 Å². The van der Waals surface area contributed by atoms with Gasteiger partial charge in [-0.15, -0.1) is 0 Å². The van der Waals surface area contributed by atoms with Crippen molar-refractivity contribution in [2.45, 2.75) is 20.0 Å². The second kappa shape index (κ2) is 9.25. The highest BCUT2D eigenvalue weighted by Gasteiger charge is 2.30. The molecule has 2 aromatic rings. The fraction of sp³-hybridized carbons (Fsp3) is 0.300. The van der Waals surface area contributed by atoms with Gasteiger partial charge in [0.15, 0.2) is 6.61 Å². The molecule has 0 aromatic heterocycles. The van der Waals surface area contributed by atoms with Gasteiger partial charge in [0, 0.05) is 24.5 Å². The molecule has 0 radical (unpaired) electrons. The van der Waals surface area contributed by atoms with E-state index in [0.717, 1.165) is 30.9 Å². The van der Waals surface area contributed by atoms with Crippen molar-refractivity contribution in [3.05, 3.63) is 59.7 Å². The van der Waals surface area contributed by atoms with Gasteiger partial charge in [0.05, 0.1) is 11.1 Å². The average molecular weight is 394 g/mol. The minimum absolute atomic E-state index is 0.0283. The topological polar surface area (TPSA) is 58.6 Å². The number of rotatable bonds is 7. The van der Waals surface area contributed by atoms with E-state index in [-0.39, 0.29) is 11.3 Å². The summed E-state index contributed by atoms with van der Waals surface area (Å²) in [6, 6.07) is 11.0. The third-order valence-electron chi connectivity index (χ3n) is 4.04. The van der Waals surface area contributed by atoms with Gasteiger partial charge in [-0.1, -0.05) is 6.07 Å². The number of anilines is 2. The molecule has 0 heterocycles. The molecule has 28 heavy (non-hydrogen) atoms. The quantitative estimate of drug-likeness (QED) is 0.710. The van der Waals surface area contributed by atoms with Crippen LogP contribution in [-0.4, -0.2) is 31.6 Å². The molecule has 0 spiro atoms. The Labute approximate surface area is 161 Å². The first kappa shape index (κ1) is 21.3. The molecular formula is C20H21F3N2O3. The van der Waals surface area contributed by atoms with E-state index in [1.54, 1.807) is 24.3 Å². The Hall–Kier alpha value is -3.03. The Bertz CT molecular complexity index is 816. The Morgan fingerprint density at radius 3 is 2.25 bits per heavy atom. The number of amides is 1. The first-order chi connectivity index (χ1) is 13.2. The van der Waals surface area contributed by atoms with E-state index in [4.69, 9.17) is 4.74 Å². The van der Waals surface area contributed by atoms with Crippen LogP contribution in [0.4, 0.5) is 24.5 Å². The molecule has 0 atom stereocenters. The van der Waals surface area contributed by atoms with Gasteiger partial charge in [0.1, 0.15) is 0 Å². The molecule has 0 aliphatic heterocycles. The zero-order valence-corrected chi connectivity index (χ0v) is 15.5. The van der Waals surface area contributed by atoms with Crippen LogP contribution in [0.25, 0.3) is 0 Å². The summed E-state index contributed by atoms with van der Waals surface area (Å²) < 4.78 is 43.0. The summed E-state index contributed by atoms with van der Waals surface area (Å²) in [6.07, 6.45) is -4.51. The number of carbonyl (C=O) groups excluding carboxylic acids is 2. The Kier molecular flexibility index (Phi) is 7.03. The van der Waals surface area contributed by atoms with Crippen molar-refractivity contribution in [2.24, 2.45) is 0 Å². The summed E-state index contributed by atoms with van der Waals surface area (Å²) >= 11 is 0. The van der Waals surface area contributed by atoms with Gasteiger partial charge in [-0.2, -0.15) is 13.2 Å². The Balaban J connectivity index is 1.91. The van der Waals surface area contributed by atoms with Crippen LogP contribution in [0, 0.1) is 0 Å². The third kappa shape index (κ3) is 5.73. The van der Waals surface area contributed by atoms with Crippen molar-refractivity contribution < 1.29 is 27.5 Å². The number of nitrogens with one attached hydrogen (secondary N) is 1. The SMILES string of the molecule is CCN(CC)c1ccc(C(=O)OCC(=O)Nc2cccc(C(F)(F)F)c2)cc1. The maximum absolute atomic E-state index is 12.7. The number of nitrogens with zero attached hydrogens (tertiary/aromatic N) is 1. The molecule has 5 nitrogen and oxygen atoms in total. The first-order valence-corrected chi connectivity index (χ1v) is 8.73. The lowest BCUT2D eigenvalue weighted by atomic mass is 10.2. The second-order valence-electron chi connectivity index (χ2n) is 5.92.